The van der Waals surface area contributed by atoms with Crippen molar-refractivity contribution in [3.05, 3.63) is 58.7 Å². The Bertz CT molecular complexity index is 1680. The van der Waals surface area contributed by atoms with E-state index in [0.717, 1.165) is 51.4 Å². The molecule has 0 amide bonds. The molecular weight excluding hydrogens is 839 g/mol. The molecule has 4 fully saturated rings. The average molecular weight is 921 g/mol. The third-order valence-corrected chi connectivity index (χ3v) is 18.5. The molecule has 356 valence electrons. The fourth-order valence-corrected chi connectivity index (χ4v) is 14.8. The molecule has 8 nitrogen and oxygen atoms in total. The fourth-order valence-electron chi connectivity index (χ4n) is 12.0. The van der Waals surface area contributed by atoms with Crippen molar-refractivity contribution in [3.63, 3.8) is 0 Å². The lowest BCUT2D eigenvalue weighted by molar-refractivity contribution is -0.00315. The van der Waals surface area contributed by atoms with E-state index in [4.69, 9.17) is 27.1 Å². The van der Waals surface area contributed by atoms with Crippen LogP contribution in [0.25, 0.3) is 0 Å². The lowest BCUT2D eigenvalue weighted by atomic mass is 9.75. The zero-order chi connectivity index (χ0) is 46.0. The van der Waals surface area contributed by atoms with E-state index in [0.29, 0.717) is 93.6 Å². The van der Waals surface area contributed by atoms with E-state index in [2.05, 4.69) is 83.1 Å². The van der Waals surface area contributed by atoms with Gasteiger partial charge in [0, 0.05) is 11.1 Å². The van der Waals surface area contributed by atoms with Crippen LogP contribution in [0.15, 0.2) is 36.4 Å². The minimum Gasteiger partial charge on any atom is -0.426 e. The summed E-state index contributed by atoms with van der Waals surface area (Å²) in [5.41, 5.74) is 1.11. The first kappa shape index (κ1) is 50.0. The van der Waals surface area contributed by atoms with Crippen molar-refractivity contribution in [2.75, 3.05) is 0 Å². The molecule has 2 aromatic rings. The highest BCUT2D eigenvalue weighted by molar-refractivity contribution is 7.42. The monoisotopic (exact) mass is 921 g/mol. The second-order valence-electron chi connectivity index (χ2n) is 22.5. The van der Waals surface area contributed by atoms with Gasteiger partial charge in [0.2, 0.25) is 5.78 Å². The van der Waals surface area contributed by atoms with E-state index in [1.165, 1.54) is 25.7 Å². The molecule has 0 spiro atoms. The zero-order valence-electron chi connectivity index (χ0n) is 41.3. The third kappa shape index (κ3) is 11.7. The van der Waals surface area contributed by atoms with E-state index in [9.17, 15) is 4.79 Å². The Morgan fingerprint density at radius 3 is 0.969 bits per heavy atom. The van der Waals surface area contributed by atoms with Crippen LogP contribution in [0.5, 0.6) is 11.5 Å². The van der Waals surface area contributed by atoms with Gasteiger partial charge in [0.05, 0.1) is 35.5 Å². The summed E-state index contributed by atoms with van der Waals surface area (Å²) in [5, 5.41) is 0. The van der Waals surface area contributed by atoms with Gasteiger partial charge in [-0.05, 0) is 135 Å². The van der Waals surface area contributed by atoms with Crippen LogP contribution in [0, 0.1) is 71.0 Å². The van der Waals surface area contributed by atoms with Gasteiger partial charge in [-0.2, -0.15) is 0 Å². The van der Waals surface area contributed by atoms with Crippen LogP contribution in [-0.2, 0) is 18.1 Å². The van der Waals surface area contributed by atoms with Gasteiger partial charge in [0.25, 0.3) is 0 Å². The SMILES string of the molecule is CC(C)C1CC[C@@H](C)C[C@H]1OP(Oc1cccc2c1C(=O)c1c(OP(O[C@@H]3C[C@H](C)CC[C@H]3C(C)C)O[C@@H]3C[C@H](C)CC[C@H]3C(C)C)cccc1C2=O)O[C@@H]1C[C@H](C)CC[C@H]1C(C)C. The maximum atomic E-state index is 15.3. The van der Waals surface area contributed by atoms with Crippen molar-refractivity contribution in [1.82, 2.24) is 0 Å². The van der Waals surface area contributed by atoms with E-state index >= 15 is 4.79 Å². The van der Waals surface area contributed by atoms with Crippen molar-refractivity contribution in [3.8, 4) is 11.5 Å². The molecule has 2 aromatic carbocycles. The van der Waals surface area contributed by atoms with E-state index < -0.39 is 17.2 Å². The van der Waals surface area contributed by atoms with Gasteiger partial charge < -0.3 is 9.05 Å². The van der Waals surface area contributed by atoms with E-state index in [-0.39, 0.29) is 47.1 Å². The average Bonchev–Trinajstić information content (AvgIpc) is 3.22. The predicted molar refractivity (Wildman–Crippen MR) is 260 cm³/mol. The third-order valence-electron chi connectivity index (χ3n) is 16.1. The first-order valence-electron chi connectivity index (χ1n) is 25.5. The van der Waals surface area contributed by atoms with Crippen LogP contribution in [0.4, 0.5) is 0 Å². The van der Waals surface area contributed by atoms with Crippen molar-refractivity contribution in [1.29, 1.82) is 0 Å². The summed E-state index contributed by atoms with van der Waals surface area (Å²) < 4.78 is 42.2. The van der Waals surface area contributed by atoms with Gasteiger partial charge in [0.15, 0.2) is 5.78 Å². The smallest absolute Gasteiger partial charge is 0.397 e. The number of ketones is 2. The van der Waals surface area contributed by atoms with Crippen LogP contribution >= 0.6 is 17.2 Å². The number of hydrogen-bond donors (Lipinski definition) is 0. The van der Waals surface area contributed by atoms with Crippen LogP contribution < -0.4 is 9.05 Å². The number of benzene rings is 2. The van der Waals surface area contributed by atoms with Gasteiger partial charge in [0.1, 0.15) is 11.5 Å². The fraction of sp³-hybridized carbons (Fsp3) is 0.741. The number of carbonyl (C=O) groups is 2. The Hall–Kier alpha value is -1.92. The normalized spacial score (nSPS) is 32.9. The molecule has 0 N–H and O–H groups in total. The first-order chi connectivity index (χ1) is 30.5. The molecule has 0 bridgehead atoms. The summed E-state index contributed by atoms with van der Waals surface area (Å²) in [6.07, 6.45) is 12.7. The van der Waals surface area contributed by atoms with Crippen LogP contribution in [-0.4, -0.2) is 36.0 Å². The lowest BCUT2D eigenvalue weighted by Gasteiger charge is -2.41. The van der Waals surface area contributed by atoms with Crippen LogP contribution in [0.3, 0.4) is 0 Å². The molecule has 0 aliphatic heterocycles. The molecule has 0 saturated heterocycles. The molecular formula is C54H82O8P2. The molecule has 0 heterocycles. The molecule has 10 heteroatoms. The Labute approximate surface area is 389 Å². The predicted octanol–water partition coefficient (Wildman–Crippen LogP) is 15.6. The van der Waals surface area contributed by atoms with Crippen molar-refractivity contribution in [2.24, 2.45) is 71.0 Å². The largest absolute Gasteiger partial charge is 0.426 e. The summed E-state index contributed by atoms with van der Waals surface area (Å²) in [6, 6.07) is 10.7. The summed E-state index contributed by atoms with van der Waals surface area (Å²) in [4.78, 5) is 29.9. The topological polar surface area (TPSA) is 89.5 Å². The maximum Gasteiger partial charge on any atom is 0.397 e. The summed E-state index contributed by atoms with van der Waals surface area (Å²) in [5.74, 6) is 5.49. The summed E-state index contributed by atoms with van der Waals surface area (Å²) in [7, 11) is -3.88. The summed E-state index contributed by atoms with van der Waals surface area (Å²) >= 11 is 0. The number of hydrogen-bond acceptors (Lipinski definition) is 8. The first-order valence-corrected chi connectivity index (χ1v) is 27.7. The molecule has 5 aliphatic carbocycles. The number of rotatable bonds is 16. The Morgan fingerprint density at radius 1 is 0.422 bits per heavy atom. The second kappa shape index (κ2) is 22.0. The summed E-state index contributed by atoms with van der Waals surface area (Å²) in [6.45, 7) is 27.5. The van der Waals surface area contributed by atoms with Gasteiger partial charge >= 0.3 is 17.2 Å². The highest BCUT2D eigenvalue weighted by atomic mass is 31.2. The maximum absolute atomic E-state index is 15.3. The van der Waals surface area contributed by atoms with Crippen molar-refractivity contribution < 1.29 is 36.7 Å². The molecule has 4 saturated carbocycles. The van der Waals surface area contributed by atoms with E-state index in [1.54, 1.807) is 24.3 Å². The van der Waals surface area contributed by atoms with Gasteiger partial charge in [-0.25, -0.2) is 0 Å². The van der Waals surface area contributed by atoms with Gasteiger partial charge in [-0.1, -0.05) is 133 Å². The van der Waals surface area contributed by atoms with Crippen LogP contribution in [0.2, 0.25) is 0 Å². The molecule has 0 aromatic heterocycles. The minimum absolute atomic E-state index is 0.0323. The van der Waals surface area contributed by atoms with Crippen molar-refractivity contribution in [2.45, 2.75) is 185 Å². The molecule has 7 rings (SSSR count). The Morgan fingerprint density at radius 2 is 0.703 bits per heavy atom. The quantitative estimate of drug-likeness (QED) is 0.131. The van der Waals surface area contributed by atoms with Gasteiger partial charge in [-0.3, -0.25) is 27.7 Å². The molecule has 5 aliphatic rings. The van der Waals surface area contributed by atoms with E-state index in [1.807, 2.05) is 12.1 Å². The Kier molecular flexibility index (Phi) is 17.2. The number of carbonyl (C=O) groups excluding carboxylic acids is 2. The molecule has 2 unspecified atom stereocenters. The standard InChI is InChI=1S/C54H82O8P2/c1-31(2)39-23-19-35(9)27-47(39)59-63(60-48-28-36(10)20-24-40(48)32(3)4)57-45-17-13-15-43-51(45)54(56)52-44(53(43)55)16-14-18-46(52)58-64(61-49-29-37(11)21-25-41(49)33(5)6)62-50-30-38(12)22-26-42(50)34(7)8/h13-18,31-42,47-50H,19-30H2,1-12H3/t35-,36-,37-,38-,39+,40+,41+,42?,47-,48-,49-,50-,64?/m1/s1. The minimum atomic E-state index is -1.94. The van der Waals surface area contributed by atoms with Crippen LogP contribution in [0.1, 0.15) is 192 Å². The highest BCUT2D eigenvalue weighted by Gasteiger charge is 2.43. The lowest BCUT2D eigenvalue weighted by Crippen LogP contribution is -2.36. The number of fused-ring (bicyclic) bond motifs is 2. The molecule has 0 radical (unpaired) electrons. The second-order valence-corrected chi connectivity index (χ2v) is 24.6. The molecule has 13 atom stereocenters. The Balaban J connectivity index is 1.23. The zero-order valence-corrected chi connectivity index (χ0v) is 43.1. The van der Waals surface area contributed by atoms with Crippen molar-refractivity contribution >= 4 is 28.8 Å². The highest BCUT2D eigenvalue weighted by Crippen LogP contribution is 2.55. The van der Waals surface area contributed by atoms with Gasteiger partial charge in [-0.15, -0.1) is 0 Å². The molecule has 64 heavy (non-hydrogen) atoms.